The molecule has 0 aliphatic carbocycles. The molecule has 0 saturated heterocycles. The van der Waals surface area contributed by atoms with Gasteiger partial charge in [-0.3, -0.25) is 0 Å². The van der Waals surface area contributed by atoms with Crippen molar-refractivity contribution in [1.82, 2.24) is 10.6 Å². The molecule has 1 heterocycles. The summed E-state index contributed by atoms with van der Waals surface area (Å²) in [5, 5.41) is 5.79. The standard InChI is InChI=1S/C17H22N2O2/c1-14(9-10-15-6-3-2-4-7-15)19-17(20)18-12-11-16-8-5-13-21-16/h2-8,13-14H,9-12H2,1H3,(H2,18,19,20)/t14-/m0/s1. The number of carbonyl (C=O) groups excluding carboxylic acids is 1. The van der Waals surface area contributed by atoms with Gasteiger partial charge in [0.1, 0.15) is 5.76 Å². The molecule has 0 unspecified atom stereocenters. The topological polar surface area (TPSA) is 54.3 Å². The number of carbonyl (C=O) groups is 1. The Kier molecular flexibility index (Phi) is 5.88. The van der Waals surface area contributed by atoms with Crippen molar-refractivity contribution in [2.45, 2.75) is 32.2 Å². The molecule has 0 radical (unpaired) electrons. The molecule has 0 spiro atoms. The number of nitrogens with one attached hydrogen (secondary N) is 2. The summed E-state index contributed by atoms with van der Waals surface area (Å²) >= 11 is 0. The first-order valence-electron chi connectivity index (χ1n) is 7.34. The van der Waals surface area contributed by atoms with E-state index in [4.69, 9.17) is 4.42 Å². The molecule has 1 atom stereocenters. The van der Waals surface area contributed by atoms with Gasteiger partial charge >= 0.3 is 6.03 Å². The van der Waals surface area contributed by atoms with Gasteiger partial charge in [0, 0.05) is 19.0 Å². The smallest absolute Gasteiger partial charge is 0.315 e. The maximum absolute atomic E-state index is 11.7. The zero-order valence-corrected chi connectivity index (χ0v) is 12.3. The summed E-state index contributed by atoms with van der Waals surface area (Å²) < 4.78 is 5.21. The van der Waals surface area contributed by atoms with E-state index in [0.29, 0.717) is 13.0 Å². The highest BCUT2D eigenvalue weighted by atomic mass is 16.3. The van der Waals surface area contributed by atoms with Crippen LogP contribution in [-0.4, -0.2) is 18.6 Å². The normalized spacial score (nSPS) is 11.9. The van der Waals surface area contributed by atoms with E-state index in [1.807, 2.05) is 37.3 Å². The molecule has 4 heteroatoms. The number of urea groups is 1. The molecular formula is C17H22N2O2. The molecule has 1 aromatic carbocycles. The first-order chi connectivity index (χ1) is 10.2. The Labute approximate surface area is 125 Å². The van der Waals surface area contributed by atoms with Gasteiger partial charge in [0.2, 0.25) is 0 Å². The summed E-state index contributed by atoms with van der Waals surface area (Å²) in [7, 11) is 0. The fourth-order valence-electron chi connectivity index (χ4n) is 2.13. The van der Waals surface area contributed by atoms with E-state index in [2.05, 4.69) is 22.8 Å². The lowest BCUT2D eigenvalue weighted by molar-refractivity contribution is 0.237. The first kappa shape index (κ1) is 15.2. The predicted molar refractivity (Wildman–Crippen MR) is 83.2 cm³/mol. The van der Waals surface area contributed by atoms with E-state index in [0.717, 1.165) is 18.6 Å². The highest BCUT2D eigenvalue weighted by molar-refractivity contribution is 5.74. The van der Waals surface area contributed by atoms with Gasteiger partial charge in [0.05, 0.1) is 6.26 Å². The Balaban J connectivity index is 1.60. The molecule has 2 amide bonds. The molecule has 2 rings (SSSR count). The van der Waals surface area contributed by atoms with Gasteiger partial charge in [0.25, 0.3) is 0 Å². The van der Waals surface area contributed by atoms with Crippen LogP contribution in [0.4, 0.5) is 4.79 Å². The number of furan rings is 1. The second-order valence-corrected chi connectivity index (χ2v) is 5.15. The Morgan fingerprint density at radius 2 is 1.95 bits per heavy atom. The number of benzene rings is 1. The van der Waals surface area contributed by atoms with Gasteiger partial charge in [0.15, 0.2) is 0 Å². The van der Waals surface area contributed by atoms with Crippen LogP contribution >= 0.6 is 0 Å². The van der Waals surface area contributed by atoms with Crippen molar-refractivity contribution in [3.63, 3.8) is 0 Å². The summed E-state index contributed by atoms with van der Waals surface area (Å²) in [4.78, 5) is 11.7. The van der Waals surface area contributed by atoms with Gasteiger partial charge < -0.3 is 15.1 Å². The van der Waals surface area contributed by atoms with Crippen molar-refractivity contribution in [2.75, 3.05) is 6.54 Å². The quantitative estimate of drug-likeness (QED) is 0.821. The van der Waals surface area contributed by atoms with E-state index >= 15 is 0 Å². The molecule has 4 nitrogen and oxygen atoms in total. The van der Waals surface area contributed by atoms with Crippen molar-refractivity contribution >= 4 is 6.03 Å². The van der Waals surface area contributed by atoms with Crippen molar-refractivity contribution < 1.29 is 9.21 Å². The number of aryl methyl sites for hydroxylation is 1. The Hall–Kier alpha value is -2.23. The summed E-state index contributed by atoms with van der Waals surface area (Å²) in [6, 6.07) is 14.1. The van der Waals surface area contributed by atoms with Gasteiger partial charge in [-0.25, -0.2) is 4.79 Å². The van der Waals surface area contributed by atoms with E-state index in [9.17, 15) is 4.79 Å². The molecular weight excluding hydrogens is 264 g/mol. The monoisotopic (exact) mass is 286 g/mol. The lowest BCUT2D eigenvalue weighted by Crippen LogP contribution is -2.41. The Morgan fingerprint density at radius 3 is 2.67 bits per heavy atom. The average molecular weight is 286 g/mol. The van der Waals surface area contributed by atoms with E-state index in [1.165, 1.54) is 5.56 Å². The minimum atomic E-state index is -0.123. The molecule has 0 aliphatic rings. The molecule has 2 N–H and O–H groups in total. The highest BCUT2D eigenvalue weighted by Crippen LogP contribution is 2.04. The van der Waals surface area contributed by atoms with Crippen LogP contribution in [0.2, 0.25) is 0 Å². The van der Waals surface area contributed by atoms with Gasteiger partial charge in [-0.05, 0) is 37.5 Å². The zero-order chi connectivity index (χ0) is 14.9. The van der Waals surface area contributed by atoms with Crippen LogP contribution in [0.15, 0.2) is 53.1 Å². The van der Waals surface area contributed by atoms with E-state index < -0.39 is 0 Å². The van der Waals surface area contributed by atoms with Crippen molar-refractivity contribution in [1.29, 1.82) is 0 Å². The Bertz CT molecular complexity index is 523. The fourth-order valence-corrected chi connectivity index (χ4v) is 2.13. The third-order valence-electron chi connectivity index (χ3n) is 3.32. The van der Waals surface area contributed by atoms with Crippen LogP contribution in [0.1, 0.15) is 24.7 Å². The minimum absolute atomic E-state index is 0.123. The van der Waals surface area contributed by atoms with Gasteiger partial charge in [-0.1, -0.05) is 30.3 Å². The van der Waals surface area contributed by atoms with Crippen molar-refractivity contribution in [2.24, 2.45) is 0 Å². The predicted octanol–water partition coefficient (Wildman–Crippen LogP) is 3.14. The number of hydrogen-bond acceptors (Lipinski definition) is 2. The largest absolute Gasteiger partial charge is 0.469 e. The number of rotatable bonds is 7. The third kappa shape index (κ3) is 5.73. The van der Waals surface area contributed by atoms with Crippen molar-refractivity contribution in [3.8, 4) is 0 Å². The molecule has 1 aromatic heterocycles. The molecule has 112 valence electrons. The van der Waals surface area contributed by atoms with Crippen LogP contribution < -0.4 is 10.6 Å². The summed E-state index contributed by atoms with van der Waals surface area (Å²) in [6.07, 6.45) is 4.24. The average Bonchev–Trinajstić information content (AvgIpc) is 2.99. The van der Waals surface area contributed by atoms with Crippen LogP contribution in [0.3, 0.4) is 0 Å². The zero-order valence-electron chi connectivity index (χ0n) is 12.3. The molecule has 21 heavy (non-hydrogen) atoms. The number of amides is 2. The minimum Gasteiger partial charge on any atom is -0.469 e. The SMILES string of the molecule is C[C@@H](CCc1ccccc1)NC(=O)NCCc1ccco1. The highest BCUT2D eigenvalue weighted by Gasteiger charge is 2.07. The van der Waals surface area contributed by atoms with Gasteiger partial charge in [-0.2, -0.15) is 0 Å². The molecule has 0 fully saturated rings. The maximum atomic E-state index is 11.7. The molecule has 0 saturated carbocycles. The van der Waals surface area contributed by atoms with Crippen LogP contribution in [0.5, 0.6) is 0 Å². The summed E-state index contributed by atoms with van der Waals surface area (Å²) in [5.41, 5.74) is 1.30. The number of hydrogen-bond donors (Lipinski definition) is 2. The fraction of sp³-hybridized carbons (Fsp3) is 0.353. The van der Waals surface area contributed by atoms with Crippen molar-refractivity contribution in [3.05, 3.63) is 60.1 Å². The van der Waals surface area contributed by atoms with Gasteiger partial charge in [-0.15, -0.1) is 0 Å². The maximum Gasteiger partial charge on any atom is 0.315 e. The lowest BCUT2D eigenvalue weighted by Gasteiger charge is -2.14. The molecule has 2 aromatic rings. The summed E-state index contributed by atoms with van der Waals surface area (Å²) in [6.45, 7) is 2.60. The Morgan fingerprint density at radius 1 is 1.14 bits per heavy atom. The third-order valence-corrected chi connectivity index (χ3v) is 3.32. The van der Waals surface area contributed by atoms with E-state index in [1.54, 1.807) is 6.26 Å². The van der Waals surface area contributed by atoms with Crippen LogP contribution in [0, 0.1) is 0 Å². The van der Waals surface area contributed by atoms with E-state index in [-0.39, 0.29) is 12.1 Å². The van der Waals surface area contributed by atoms with Crippen LogP contribution in [-0.2, 0) is 12.8 Å². The lowest BCUT2D eigenvalue weighted by atomic mass is 10.1. The van der Waals surface area contributed by atoms with Crippen LogP contribution in [0.25, 0.3) is 0 Å². The second-order valence-electron chi connectivity index (χ2n) is 5.15. The summed E-state index contributed by atoms with van der Waals surface area (Å²) in [5.74, 6) is 0.882. The molecule has 0 aliphatic heterocycles. The molecule has 0 bridgehead atoms. The first-order valence-corrected chi connectivity index (χ1v) is 7.34. The second kappa shape index (κ2) is 8.15.